The van der Waals surface area contributed by atoms with E-state index in [1.807, 2.05) is 0 Å². The van der Waals surface area contributed by atoms with Crippen molar-refractivity contribution in [1.29, 1.82) is 0 Å². The lowest BCUT2D eigenvalue weighted by atomic mass is 9.88. The molecule has 0 radical (unpaired) electrons. The average molecular weight is 186 g/mol. The van der Waals surface area contributed by atoms with Crippen LogP contribution in [0.25, 0.3) is 0 Å². The van der Waals surface area contributed by atoms with Crippen LogP contribution in [0.2, 0.25) is 0 Å². The van der Waals surface area contributed by atoms with Gasteiger partial charge in [-0.3, -0.25) is 0 Å². The predicted molar refractivity (Wildman–Crippen MR) is 62.1 cm³/mol. The third-order valence-corrected chi connectivity index (χ3v) is 2.98. The minimum atomic E-state index is 1.22. The fourth-order valence-corrected chi connectivity index (χ4v) is 2.23. The largest absolute Gasteiger partial charge is 0.0813 e. The maximum atomic E-state index is 2.36. The Balaban J connectivity index is 2.23. The van der Waals surface area contributed by atoms with Crippen LogP contribution in [-0.4, -0.2) is 0 Å². The van der Waals surface area contributed by atoms with Gasteiger partial charge >= 0.3 is 0 Å². The summed E-state index contributed by atoms with van der Waals surface area (Å²) < 4.78 is 0. The van der Waals surface area contributed by atoms with E-state index in [-0.39, 0.29) is 0 Å². The Morgan fingerprint density at radius 3 is 1.57 bits per heavy atom. The fourth-order valence-electron chi connectivity index (χ4n) is 2.23. The topological polar surface area (TPSA) is 0 Å². The van der Waals surface area contributed by atoms with Crippen molar-refractivity contribution in [3.63, 3.8) is 0 Å². The Kier molecular flexibility index (Phi) is 2.72. The van der Waals surface area contributed by atoms with Gasteiger partial charge in [-0.1, -0.05) is 35.5 Å². The van der Waals surface area contributed by atoms with E-state index in [1.54, 1.807) is 11.1 Å². The van der Waals surface area contributed by atoms with Gasteiger partial charge in [0.2, 0.25) is 0 Å². The van der Waals surface area contributed by atoms with Crippen LogP contribution in [0.5, 0.6) is 0 Å². The maximum Gasteiger partial charge on any atom is -0.0241 e. The quantitative estimate of drug-likeness (QED) is 0.572. The molecule has 0 heteroatoms. The second-order valence-electron chi connectivity index (χ2n) is 4.31. The molecule has 0 N–H and O–H groups in total. The fraction of sp³-hybridized carbons (Fsp3) is 0.429. The van der Waals surface area contributed by atoms with Crippen LogP contribution in [0.15, 0.2) is 46.6 Å². The summed E-state index contributed by atoms with van der Waals surface area (Å²) in [6.45, 7) is 4.40. The van der Waals surface area contributed by atoms with Crippen LogP contribution in [0, 0.1) is 0 Å². The van der Waals surface area contributed by atoms with E-state index in [2.05, 4.69) is 38.2 Å². The molecule has 0 heterocycles. The molecule has 0 atom stereocenters. The highest BCUT2D eigenvalue weighted by molar-refractivity contribution is 5.44. The Hall–Kier alpha value is -1.04. The molecule has 0 bridgehead atoms. The lowest BCUT2D eigenvalue weighted by Gasteiger charge is -2.18. The molecule has 0 saturated carbocycles. The summed E-state index contributed by atoms with van der Waals surface area (Å²) in [5.74, 6) is 0. The molecule has 0 aromatic rings. The lowest BCUT2D eigenvalue weighted by molar-refractivity contribution is 0.883. The molecule has 2 aliphatic rings. The summed E-state index contributed by atoms with van der Waals surface area (Å²) in [4.78, 5) is 0. The van der Waals surface area contributed by atoms with Crippen molar-refractivity contribution in [2.45, 2.75) is 39.5 Å². The van der Waals surface area contributed by atoms with Crippen LogP contribution in [0.3, 0.4) is 0 Å². The molecule has 2 rings (SSSR count). The van der Waals surface area contributed by atoms with E-state index in [4.69, 9.17) is 0 Å². The minimum absolute atomic E-state index is 1.22. The lowest BCUT2D eigenvalue weighted by Crippen LogP contribution is -1.98. The van der Waals surface area contributed by atoms with E-state index in [0.717, 1.165) is 0 Å². The zero-order chi connectivity index (χ0) is 9.97. The van der Waals surface area contributed by atoms with Crippen LogP contribution in [-0.2, 0) is 0 Å². The monoisotopic (exact) mass is 186 g/mol. The summed E-state index contributed by atoms with van der Waals surface area (Å²) in [6.07, 6.45) is 14.3. The molecule has 74 valence electrons. The summed E-state index contributed by atoms with van der Waals surface area (Å²) in [6, 6.07) is 0. The molecule has 0 saturated heterocycles. The van der Waals surface area contributed by atoms with Crippen molar-refractivity contribution in [1.82, 2.24) is 0 Å². The summed E-state index contributed by atoms with van der Waals surface area (Å²) in [5, 5.41) is 0. The molecule has 0 aliphatic heterocycles. The van der Waals surface area contributed by atoms with Gasteiger partial charge in [-0.15, -0.1) is 0 Å². The van der Waals surface area contributed by atoms with Gasteiger partial charge < -0.3 is 0 Å². The number of hydrogen-bond donors (Lipinski definition) is 0. The second-order valence-corrected chi connectivity index (χ2v) is 4.31. The van der Waals surface area contributed by atoms with Gasteiger partial charge in [-0.2, -0.15) is 0 Å². The Morgan fingerprint density at radius 2 is 1.21 bits per heavy atom. The van der Waals surface area contributed by atoms with Crippen molar-refractivity contribution in [2.75, 3.05) is 0 Å². The first kappa shape index (κ1) is 9.51. The second kappa shape index (κ2) is 4.00. The maximum absolute atomic E-state index is 2.36. The van der Waals surface area contributed by atoms with E-state index in [1.165, 1.54) is 36.8 Å². The van der Waals surface area contributed by atoms with Crippen molar-refractivity contribution in [3.05, 3.63) is 46.6 Å². The molecule has 0 amide bonds. The molecule has 0 spiro atoms. The van der Waals surface area contributed by atoms with Crippen molar-refractivity contribution in [2.24, 2.45) is 0 Å². The zero-order valence-corrected chi connectivity index (χ0v) is 9.14. The smallest absolute Gasteiger partial charge is 0.0241 e. The highest BCUT2D eigenvalue weighted by Gasteiger charge is 2.10. The highest BCUT2D eigenvalue weighted by atomic mass is 14.2. The van der Waals surface area contributed by atoms with Gasteiger partial charge in [0.25, 0.3) is 0 Å². The third-order valence-electron chi connectivity index (χ3n) is 2.98. The van der Waals surface area contributed by atoms with Crippen LogP contribution >= 0.6 is 0 Å². The van der Waals surface area contributed by atoms with Gasteiger partial charge in [0.05, 0.1) is 0 Å². The van der Waals surface area contributed by atoms with Gasteiger partial charge in [-0.05, 0) is 50.7 Å². The molecule has 0 nitrogen and oxygen atoms in total. The van der Waals surface area contributed by atoms with Crippen molar-refractivity contribution >= 4 is 0 Å². The van der Waals surface area contributed by atoms with Crippen LogP contribution < -0.4 is 0 Å². The van der Waals surface area contributed by atoms with E-state index >= 15 is 0 Å². The van der Waals surface area contributed by atoms with Crippen molar-refractivity contribution in [3.8, 4) is 0 Å². The van der Waals surface area contributed by atoms with E-state index in [0.29, 0.717) is 0 Å². The number of allylic oxidation sites excluding steroid dienone is 8. The highest BCUT2D eigenvalue weighted by Crippen LogP contribution is 2.29. The predicted octanol–water partition coefficient (Wildman–Crippen LogP) is 4.32. The molecule has 2 aliphatic carbocycles. The van der Waals surface area contributed by atoms with Crippen LogP contribution in [0.1, 0.15) is 39.5 Å². The molecule has 0 unspecified atom stereocenters. The van der Waals surface area contributed by atoms with E-state index < -0.39 is 0 Å². The van der Waals surface area contributed by atoms with Gasteiger partial charge in [-0.25, -0.2) is 0 Å². The number of hydrogen-bond acceptors (Lipinski definition) is 0. The minimum Gasteiger partial charge on any atom is -0.0813 e. The molecular formula is C14H18. The molecule has 0 aromatic carbocycles. The normalized spacial score (nSPS) is 22.1. The first-order valence-electron chi connectivity index (χ1n) is 5.51. The Labute approximate surface area is 86.7 Å². The SMILES string of the molecule is CC1=CCCC(C2=CC(C)=CCC2)=C1. The molecule has 0 aromatic heterocycles. The Bertz CT molecular complexity index is 312. The zero-order valence-electron chi connectivity index (χ0n) is 9.14. The summed E-state index contributed by atoms with van der Waals surface area (Å²) in [5.41, 5.74) is 5.99. The molecule has 14 heavy (non-hydrogen) atoms. The molecular weight excluding hydrogens is 168 g/mol. The van der Waals surface area contributed by atoms with Crippen molar-refractivity contribution < 1.29 is 0 Å². The van der Waals surface area contributed by atoms with Gasteiger partial charge in [0, 0.05) is 0 Å². The van der Waals surface area contributed by atoms with Gasteiger partial charge in [0.1, 0.15) is 0 Å². The first-order chi connectivity index (χ1) is 6.75. The van der Waals surface area contributed by atoms with E-state index in [9.17, 15) is 0 Å². The summed E-state index contributed by atoms with van der Waals surface area (Å²) in [7, 11) is 0. The summed E-state index contributed by atoms with van der Waals surface area (Å²) >= 11 is 0. The number of rotatable bonds is 1. The van der Waals surface area contributed by atoms with Crippen LogP contribution in [0.4, 0.5) is 0 Å². The molecule has 0 fully saturated rings. The third kappa shape index (κ3) is 2.06. The standard InChI is InChI=1S/C14H18/c1-11-5-3-7-13(9-11)14-8-4-6-12(2)10-14/h5-6,9-10H,3-4,7-8H2,1-2H3. The van der Waals surface area contributed by atoms with Gasteiger partial charge in [0.15, 0.2) is 0 Å². The average Bonchev–Trinajstić information content (AvgIpc) is 2.18. The first-order valence-corrected chi connectivity index (χ1v) is 5.51. The Morgan fingerprint density at radius 1 is 0.786 bits per heavy atom.